The lowest BCUT2D eigenvalue weighted by atomic mass is 10.0. The Labute approximate surface area is 93.9 Å². The Balaban J connectivity index is 2.49. The Morgan fingerprint density at radius 1 is 1.31 bits per heavy atom. The Morgan fingerprint density at radius 3 is 2.46 bits per heavy atom. The molecule has 0 heterocycles. The van der Waals surface area contributed by atoms with Gasteiger partial charge in [-0.3, -0.25) is 0 Å². The van der Waals surface area contributed by atoms with Crippen LogP contribution < -0.4 is 5.73 Å². The third-order valence-corrected chi connectivity index (χ3v) is 2.79. The maximum Gasteiger partial charge on any atom is 0.0130 e. The van der Waals surface area contributed by atoms with Gasteiger partial charge in [0.05, 0.1) is 0 Å². The first-order valence-corrected chi connectivity index (χ1v) is 5.80. The van der Waals surface area contributed by atoms with Crippen molar-refractivity contribution >= 4 is 22.6 Å². The summed E-state index contributed by atoms with van der Waals surface area (Å²) in [5.74, 6) is 0. The molecule has 0 spiro atoms. The van der Waals surface area contributed by atoms with E-state index >= 15 is 0 Å². The Kier molecular flexibility index (Phi) is 4.73. The van der Waals surface area contributed by atoms with E-state index in [4.69, 9.17) is 5.73 Å². The maximum absolute atomic E-state index is 5.95. The molecule has 72 valence electrons. The van der Waals surface area contributed by atoms with Gasteiger partial charge in [-0.05, 0) is 53.1 Å². The summed E-state index contributed by atoms with van der Waals surface area (Å²) in [6.07, 6.45) is 3.29. The van der Waals surface area contributed by atoms with Crippen molar-refractivity contribution in [2.45, 2.75) is 32.2 Å². The summed E-state index contributed by atoms with van der Waals surface area (Å²) in [6, 6.07) is 8.92. The second-order valence-corrected chi connectivity index (χ2v) is 4.62. The standard InChI is InChI=1S/C11H16IN/c1-2-3-11(13)8-9-4-6-10(12)7-5-9/h4-7,11H,2-3,8,13H2,1H3. The maximum atomic E-state index is 5.95. The lowest BCUT2D eigenvalue weighted by molar-refractivity contribution is 0.600. The smallest absolute Gasteiger partial charge is 0.0130 e. The zero-order valence-corrected chi connectivity index (χ0v) is 10.1. The molecule has 0 aliphatic heterocycles. The van der Waals surface area contributed by atoms with Crippen LogP contribution in [0.2, 0.25) is 0 Å². The second kappa shape index (κ2) is 5.60. The molecule has 13 heavy (non-hydrogen) atoms. The van der Waals surface area contributed by atoms with Crippen molar-refractivity contribution in [1.29, 1.82) is 0 Å². The number of hydrogen-bond acceptors (Lipinski definition) is 1. The first-order valence-electron chi connectivity index (χ1n) is 4.72. The molecule has 1 atom stereocenters. The van der Waals surface area contributed by atoms with E-state index in [2.05, 4.69) is 53.8 Å². The van der Waals surface area contributed by atoms with E-state index in [0.29, 0.717) is 6.04 Å². The van der Waals surface area contributed by atoms with Crippen LogP contribution in [0.4, 0.5) is 0 Å². The van der Waals surface area contributed by atoms with Crippen LogP contribution in [0.1, 0.15) is 25.3 Å². The fourth-order valence-corrected chi connectivity index (χ4v) is 1.76. The van der Waals surface area contributed by atoms with Gasteiger partial charge in [-0.1, -0.05) is 25.5 Å². The highest BCUT2D eigenvalue weighted by Crippen LogP contribution is 2.09. The van der Waals surface area contributed by atoms with Crippen molar-refractivity contribution in [3.8, 4) is 0 Å². The molecule has 0 aliphatic rings. The van der Waals surface area contributed by atoms with E-state index in [9.17, 15) is 0 Å². The van der Waals surface area contributed by atoms with Crippen LogP contribution in [0.15, 0.2) is 24.3 Å². The highest BCUT2D eigenvalue weighted by molar-refractivity contribution is 14.1. The summed E-state index contributed by atoms with van der Waals surface area (Å²) >= 11 is 2.32. The van der Waals surface area contributed by atoms with Crippen LogP contribution in [-0.4, -0.2) is 6.04 Å². The van der Waals surface area contributed by atoms with Gasteiger partial charge in [0.15, 0.2) is 0 Å². The monoisotopic (exact) mass is 289 g/mol. The summed E-state index contributed by atoms with van der Waals surface area (Å²) in [5, 5.41) is 0. The van der Waals surface area contributed by atoms with Gasteiger partial charge >= 0.3 is 0 Å². The van der Waals surface area contributed by atoms with E-state index < -0.39 is 0 Å². The minimum absolute atomic E-state index is 0.324. The molecule has 0 amide bonds. The molecular formula is C11H16IN. The minimum atomic E-state index is 0.324. The molecule has 0 saturated carbocycles. The fraction of sp³-hybridized carbons (Fsp3) is 0.455. The minimum Gasteiger partial charge on any atom is -0.327 e. The molecule has 1 unspecified atom stereocenters. The zero-order valence-electron chi connectivity index (χ0n) is 7.96. The fourth-order valence-electron chi connectivity index (χ4n) is 1.40. The van der Waals surface area contributed by atoms with Crippen molar-refractivity contribution in [1.82, 2.24) is 0 Å². The third kappa shape index (κ3) is 4.09. The van der Waals surface area contributed by atoms with Gasteiger partial charge in [0.2, 0.25) is 0 Å². The Morgan fingerprint density at radius 2 is 1.92 bits per heavy atom. The number of rotatable bonds is 4. The SMILES string of the molecule is CCCC(N)Cc1ccc(I)cc1. The lowest BCUT2D eigenvalue weighted by Gasteiger charge is -2.09. The van der Waals surface area contributed by atoms with Crippen molar-refractivity contribution in [3.05, 3.63) is 33.4 Å². The summed E-state index contributed by atoms with van der Waals surface area (Å²) in [7, 11) is 0. The highest BCUT2D eigenvalue weighted by Gasteiger charge is 2.01. The summed E-state index contributed by atoms with van der Waals surface area (Å²) < 4.78 is 1.28. The number of halogens is 1. The highest BCUT2D eigenvalue weighted by atomic mass is 127. The van der Waals surface area contributed by atoms with Crippen molar-refractivity contribution in [2.75, 3.05) is 0 Å². The van der Waals surface area contributed by atoms with E-state index in [-0.39, 0.29) is 0 Å². The van der Waals surface area contributed by atoms with Crippen LogP contribution in [0, 0.1) is 3.57 Å². The Bertz CT molecular complexity index is 243. The first kappa shape index (κ1) is 11.0. The number of nitrogens with two attached hydrogens (primary N) is 1. The van der Waals surface area contributed by atoms with E-state index in [1.807, 2.05) is 0 Å². The molecule has 0 bridgehead atoms. The first-order chi connectivity index (χ1) is 6.22. The normalized spacial score (nSPS) is 12.8. The average molecular weight is 289 g/mol. The van der Waals surface area contributed by atoms with Crippen LogP contribution in [0.3, 0.4) is 0 Å². The van der Waals surface area contributed by atoms with Gasteiger partial charge in [-0.25, -0.2) is 0 Å². The van der Waals surface area contributed by atoms with Crippen LogP contribution in [0.25, 0.3) is 0 Å². The predicted octanol–water partition coefficient (Wildman–Crippen LogP) is 2.96. The van der Waals surface area contributed by atoms with Gasteiger partial charge in [-0.15, -0.1) is 0 Å². The summed E-state index contributed by atoms with van der Waals surface area (Å²) in [5.41, 5.74) is 7.30. The molecule has 1 aromatic rings. The molecule has 0 radical (unpaired) electrons. The third-order valence-electron chi connectivity index (χ3n) is 2.07. The van der Waals surface area contributed by atoms with Crippen LogP contribution in [0.5, 0.6) is 0 Å². The molecule has 2 N–H and O–H groups in total. The molecule has 2 heteroatoms. The van der Waals surface area contributed by atoms with Gasteiger partial charge in [-0.2, -0.15) is 0 Å². The molecule has 0 saturated heterocycles. The Hall–Kier alpha value is -0.0900. The number of hydrogen-bond donors (Lipinski definition) is 1. The van der Waals surface area contributed by atoms with E-state index in [1.165, 1.54) is 15.6 Å². The molecular weight excluding hydrogens is 273 g/mol. The molecule has 0 aliphatic carbocycles. The van der Waals surface area contributed by atoms with Crippen LogP contribution >= 0.6 is 22.6 Å². The second-order valence-electron chi connectivity index (χ2n) is 3.38. The molecule has 0 fully saturated rings. The van der Waals surface area contributed by atoms with Gasteiger partial charge in [0.25, 0.3) is 0 Å². The molecule has 1 rings (SSSR count). The topological polar surface area (TPSA) is 26.0 Å². The zero-order chi connectivity index (χ0) is 9.68. The molecule has 1 aromatic carbocycles. The van der Waals surface area contributed by atoms with Crippen molar-refractivity contribution in [3.63, 3.8) is 0 Å². The van der Waals surface area contributed by atoms with E-state index in [1.54, 1.807) is 0 Å². The van der Waals surface area contributed by atoms with E-state index in [0.717, 1.165) is 12.8 Å². The average Bonchev–Trinajstić information content (AvgIpc) is 2.09. The van der Waals surface area contributed by atoms with Crippen molar-refractivity contribution in [2.24, 2.45) is 5.73 Å². The van der Waals surface area contributed by atoms with Crippen LogP contribution in [-0.2, 0) is 6.42 Å². The predicted molar refractivity (Wildman–Crippen MR) is 65.7 cm³/mol. The summed E-state index contributed by atoms with van der Waals surface area (Å²) in [4.78, 5) is 0. The molecule has 1 nitrogen and oxygen atoms in total. The quantitative estimate of drug-likeness (QED) is 0.847. The van der Waals surface area contributed by atoms with Crippen molar-refractivity contribution < 1.29 is 0 Å². The van der Waals surface area contributed by atoms with Gasteiger partial charge in [0, 0.05) is 9.61 Å². The summed E-state index contributed by atoms with van der Waals surface area (Å²) in [6.45, 7) is 2.17. The van der Waals surface area contributed by atoms with Gasteiger partial charge < -0.3 is 5.73 Å². The molecule has 0 aromatic heterocycles. The van der Waals surface area contributed by atoms with Gasteiger partial charge in [0.1, 0.15) is 0 Å². The largest absolute Gasteiger partial charge is 0.327 e. The lowest BCUT2D eigenvalue weighted by Crippen LogP contribution is -2.22. The number of benzene rings is 1.